The molecule has 1 amide bonds. The zero-order chi connectivity index (χ0) is 12.3. The maximum atomic E-state index is 12.1. The van der Waals surface area contributed by atoms with Gasteiger partial charge in [0.05, 0.1) is 18.6 Å². The van der Waals surface area contributed by atoms with Crippen molar-refractivity contribution < 1.29 is 4.79 Å². The zero-order valence-corrected chi connectivity index (χ0v) is 10.0. The molecular formula is C12H17N3O. The first-order chi connectivity index (χ1) is 7.46. The van der Waals surface area contributed by atoms with Crippen LogP contribution >= 0.6 is 0 Å². The lowest BCUT2D eigenvalue weighted by Gasteiger charge is -2.42. The van der Waals surface area contributed by atoms with Crippen molar-refractivity contribution in [2.75, 3.05) is 7.05 Å². The Hall–Kier alpha value is -1.55. The Morgan fingerprint density at radius 2 is 2.12 bits per heavy atom. The molecule has 0 aromatic heterocycles. The maximum absolute atomic E-state index is 12.1. The molecular weight excluding hydrogens is 202 g/mol. The summed E-state index contributed by atoms with van der Waals surface area (Å²) < 4.78 is 0. The van der Waals surface area contributed by atoms with Crippen molar-refractivity contribution in [2.45, 2.75) is 39.2 Å². The monoisotopic (exact) mass is 219 g/mol. The molecule has 0 spiro atoms. The molecule has 0 aromatic carbocycles. The molecule has 1 saturated carbocycles. The second kappa shape index (κ2) is 4.53. The van der Waals surface area contributed by atoms with Crippen LogP contribution in [0, 0.1) is 34.0 Å². The first-order valence-corrected chi connectivity index (χ1v) is 5.52. The van der Waals surface area contributed by atoms with Crippen molar-refractivity contribution in [3.05, 3.63) is 0 Å². The van der Waals surface area contributed by atoms with Crippen LogP contribution in [0.15, 0.2) is 0 Å². The maximum Gasteiger partial charge on any atom is 0.243 e. The van der Waals surface area contributed by atoms with E-state index in [2.05, 4.69) is 6.07 Å². The smallest absolute Gasteiger partial charge is 0.243 e. The van der Waals surface area contributed by atoms with E-state index in [1.165, 1.54) is 0 Å². The van der Waals surface area contributed by atoms with Gasteiger partial charge in [-0.1, -0.05) is 6.92 Å². The number of nitriles is 2. The molecule has 1 rings (SSSR count). The highest BCUT2D eigenvalue weighted by Gasteiger charge is 2.50. The molecule has 0 aromatic rings. The molecule has 1 aliphatic carbocycles. The van der Waals surface area contributed by atoms with Crippen molar-refractivity contribution >= 4 is 5.91 Å². The number of rotatable bonds is 3. The van der Waals surface area contributed by atoms with E-state index in [4.69, 9.17) is 10.5 Å². The number of nitrogens with zero attached hydrogens (tertiary/aromatic N) is 3. The van der Waals surface area contributed by atoms with E-state index in [9.17, 15) is 4.79 Å². The van der Waals surface area contributed by atoms with Crippen LogP contribution < -0.4 is 0 Å². The third kappa shape index (κ3) is 2.02. The lowest BCUT2D eigenvalue weighted by atomic mass is 9.62. The van der Waals surface area contributed by atoms with Gasteiger partial charge in [-0.25, -0.2) is 0 Å². The fraction of sp³-hybridized carbons (Fsp3) is 0.750. The van der Waals surface area contributed by atoms with Crippen LogP contribution in [0.3, 0.4) is 0 Å². The van der Waals surface area contributed by atoms with E-state index in [1.54, 1.807) is 11.9 Å². The molecule has 86 valence electrons. The predicted molar refractivity (Wildman–Crippen MR) is 58.9 cm³/mol. The molecule has 16 heavy (non-hydrogen) atoms. The summed E-state index contributed by atoms with van der Waals surface area (Å²) in [7, 11) is 1.67. The summed E-state index contributed by atoms with van der Waals surface area (Å²) in [5.41, 5.74) is -0.822. The van der Waals surface area contributed by atoms with Gasteiger partial charge in [-0.2, -0.15) is 10.5 Å². The van der Waals surface area contributed by atoms with Gasteiger partial charge in [-0.15, -0.1) is 0 Å². The van der Waals surface area contributed by atoms with E-state index in [1.807, 2.05) is 19.9 Å². The average molecular weight is 219 g/mol. The molecule has 0 heterocycles. The minimum atomic E-state index is -0.822. The van der Waals surface area contributed by atoms with Crippen LogP contribution in [-0.2, 0) is 4.79 Å². The van der Waals surface area contributed by atoms with Crippen LogP contribution in [0.1, 0.15) is 33.1 Å². The first-order valence-electron chi connectivity index (χ1n) is 5.52. The quantitative estimate of drug-likeness (QED) is 0.725. The van der Waals surface area contributed by atoms with E-state index in [0.717, 1.165) is 0 Å². The number of hydrogen-bond donors (Lipinski definition) is 0. The highest BCUT2D eigenvalue weighted by molar-refractivity contribution is 5.86. The summed E-state index contributed by atoms with van der Waals surface area (Å²) in [6.45, 7) is 3.87. The van der Waals surface area contributed by atoms with Gasteiger partial charge in [-0.05, 0) is 25.7 Å². The summed E-state index contributed by atoms with van der Waals surface area (Å²) in [6.07, 6.45) is 1.59. The Balaban J connectivity index is 2.71. The molecule has 0 saturated heterocycles. The van der Waals surface area contributed by atoms with Gasteiger partial charge in [-0.3, -0.25) is 4.79 Å². The molecule has 1 atom stereocenters. The molecule has 4 nitrogen and oxygen atoms in total. The second-order valence-electron chi connectivity index (χ2n) is 4.83. The molecule has 1 aliphatic rings. The zero-order valence-electron chi connectivity index (χ0n) is 10.0. The van der Waals surface area contributed by atoms with Crippen LogP contribution in [0.4, 0.5) is 0 Å². The van der Waals surface area contributed by atoms with Crippen LogP contribution in [0.25, 0.3) is 0 Å². The molecule has 0 N–H and O–H groups in total. The Kier molecular flexibility index (Phi) is 3.55. The lowest BCUT2D eigenvalue weighted by molar-refractivity contribution is -0.145. The number of carbonyl (C=O) groups excluding carboxylic acids is 1. The van der Waals surface area contributed by atoms with E-state index in [0.29, 0.717) is 25.2 Å². The van der Waals surface area contributed by atoms with Gasteiger partial charge in [0, 0.05) is 13.1 Å². The van der Waals surface area contributed by atoms with Crippen molar-refractivity contribution in [3.8, 4) is 12.1 Å². The second-order valence-corrected chi connectivity index (χ2v) is 4.83. The Morgan fingerprint density at radius 1 is 1.56 bits per heavy atom. The van der Waals surface area contributed by atoms with Gasteiger partial charge in [0.1, 0.15) is 5.41 Å². The predicted octanol–water partition coefficient (Wildman–Crippen LogP) is 1.69. The van der Waals surface area contributed by atoms with Crippen LogP contribution in [0.5, 0.6) is 0 Å². The van der Waals surface area contributed by atoms with E-state index < -0.39 is 5.41 Å². The summed E-state index contributed by atoms with van der Waals surface area (Å²) in [5, 5.41) is 17.7. The van der Waals surface area contributed by atoms with Crippen molar-refractivity contribution in [2.24, 2.45) is 11.3 Å². The molecule has 1 fully saturated rings. The normalized spacial score (nSPS) is 29.4. The van der Waals surface area contributed by atoms with Crippen LogP contribution in [0.2, 0.25) is 0 Å². The summed E-state index contributed by atoms with van der Waals surface area (Å²) >= 11 is 0. The van der Waals surface area contributed by atoms with Crippen LogP contribution in [-0.4, -0.2) is 23.9 Å². The standard InChI is InChI=1S/C12H17N3O/c1-9-6-12(7-9,8-14)11(16)15(3)10(2)4-5-13/h9-10H,4,6-7H2,1-3H3. The molecule has 4 heteroatoms. The SMILES string of the molecule is CC1CC(C#N)(C(=O)N(C)C(C)CC#N)C1. The highest BCUT2D eigenvalue weighted by atomic mass is 16.2. The Bertz CT molecular complexity index is 357. The van der Waals surface area contributed by atoms with Gasteiger partial charge < -0.3 is 4.90 Å². The van der Waals surface area contributed by atoms with Gasteiger partial charge >= 0.3 is 0 Å². The van der Waals surface area contributed by atoms with Crippen molar-refractivity contribution in [1.29, 1.82) is 10.5 Å². The molecule has 0 aliphatic heterocycles. The number of hydrogen-bond acceptors (Lipinski definition) is 3. The van der Waals surface area contributed by atoms with E-state index in [-0.39, 0.29) is 11.9 Å². The van der Waals surface area contributed by atoms with E-state index >= 15 is 0 Å². The lowest BCUT2D eigenvalue weighted by Crippen LogP contribution is -2.51. The Morgan fingerprint density at radius 3 is 2.50 bits per heavy atom. The summed E-state index contributed by atoms with van der Waals surface area (Å²) in [4.78, 5) is 13.7. The topological polar surface area (TPSA) is 67.9 Å². The minimum Gasteiger partial charge on any atom is -0.341 e. The van der Waals surface area contributed by atoms with Gasteiger partial charge in [0.15, 0.2) is 0 Å². The van der Waals surface area contributed by atoms with Crippen molar-refractivity contribution in [3.63, 3.8) is 0 Å². The number of amides is 1. The Labute approximate surface area is 96.5 Å². The third-order valence-corrected chi connectivity index (χ3v) is 3.39. The summed E-state index contributed by atoms with van der Waals surface area (Å²) in [5.74, 6) is 0.319. The minimum absolute atomic E-state index is 0.126. The number of carbonyl (C=O) groups is 1. The molecule has 0 bridgehead atoms. The molecule has 0 radical (unpaired) electrons. The van der Waals surface area contributed by atoms with Crippen molar-refractivity contribution in [1.82, 2.24) is 4.90 Å². The largest absolute Gasteiger partial charge is 0.341 e. The van der Waals surface area contributed by atoms with Gasteiger partial charge in [0.25, 0.3) is 0 Å². The average Bonchev–Trinajstić information content (AvgIpc) is 2.22. The third-order valence-electron chi connectivity index (χ3n) is 3.39. The first kappa shape index (κ1) is 12.5. The van der Waals surface area contributed by atoms with Gasteiger partial charge in [0.2, 0.25) is 5.91 Å². The highest BCUT2D eigenvalue weighted by Crippen LogP contribution is 2.46. The fourth-order valence-corrected chi connectivity index (χ4v) is 2.25. The summed E-state index contributed by atoms with van der Waals surface area (Å²) in [6, 6.07) is 4.06. The fourth-order valence-electron chi connectivity index (χ4n) is 2.25. The molecule has 1 unspecified atom stereocenters.